The van der Waals surface area contributed by atoms with Gasteiger partial charge in [-0.1, -0.05) is 3.89 Å². The Balaban J connectivity index is 3.29. The fourth-order valence-corrected chi connectivity index (χ4v) is 2.50. The first-order valence-corrected chi connectivity index (χ1v) is 8.19. The third-order valence-electron chi connectivity index (χ3n) is 1.75. The Morgan fingerprint density at radius 2 is 1.84 bits per heavy atom. The zero-order chi connectivity index (χ0) is 14.8. The van der Waals surface area contributed by atoms with Crippen LogP contribution in [0.5, 0.6) is 5.75 Å². The minimum Gasteiger partial charge on any atom is -0.478 e. The number of rotatable bonds is 5. The molecule has 0 unspecified atom stereocenters. The molecule has 0 bridgehead atoms. The van der Waals surface area contributed by atoms with Gasteiger partial charge in [-0.05, 0) is 23.8 Å². The Kier molecular flexibility index (Phi) is 4.38. The molecule has 0 aliphatic rings. The summed E-state index contributed by atoms with van der Waals surface area (Å²) in [6, 6.07) is 2.52. The summed E-state index contributed by atoms with van der Waals surface area (Å²) in [4.78, 5) is 10.8. The van der Waals surface area contributed by atoms with E-state index in [0.29, 0.717) is 0 Å². The molecule has 0 aliphatic carbocycles. The van der Waals surface area contributed by atoms with Gasteiger partial charge in [0.25, 0.3) is 0 Å². The van der Waals surface area contributed by atoms with Gasteiger partial charge in [0.1, 0.15) is 5.75 Å². The number of aromatic carboxylic acids is 1. The molecule has 0 amide bonds. The van der Waals surface area contributed by atoms with Crippen LogP contribution in [0, 0.1) is 0 Å². The average Bonchev–Trinajstić information content (AvgIpc) is 2.10. The maximum Gasteiger partial charge on any atom is 0.488 e. The minimum absolute atomic E-state index is 0.159. The maximum atomic E-state index is 12.3. The SMILES string of the molecule is O=C(O)c1cc(CS(=O)(=O)Cl)cc(OS(=O)(=O)F)c1. The van der Waals surface area contributed by atoms with Gasteiger partial charge >= 0.3 is 16.5 Å². The number of carboxylic acids is 1. The smallest absolute Gasteiger partial charge is 0.478 e. The topological polar surface area (TPSA) is 115 Å². The van der Waals surface area contributed by atoms with E-state index in [0.717, 1.165) is 18.2 Å². The fourth-order valence-electron chi connectivity index (χ4n) is 1.23. The van der Waals surface area contributed by atoms with Crippen molar-refractivity contribution in [3.63, 3.8) is 0 Å². The van der Waals surface area contributed by atoms with E-state index in [1.165, 1.54) is 0 Å². The largest absolute Gasteiger partial charge is 0.488 e. The third kappa shape index (κ3) is 5.85. The fraction of sp³-hybridized carbons (Fsp3) is 0.125. The molecule has 0 saturated heterocycles. The van der Waals surface area contributed by atoms with Crippen LogP contribution in [-0.2, 0) is 25.3 Å². The van der Waals surface area contributed by atoms with E-state index in [-0.39, 0.29) is 5.56 Å². The standard InChI is InChI=1S/C8H6ClFO7S2/c9-18(13,14)4-5-1-6(8(11)12)3-7(2-5)17-19(10,15)16/h1-3H,4H2,(H,11,12). The second-order valence-corrected chi connectivity index (χ2v) is 7.06. The van der Waals surface area contributed by atoms with Crippen molar-refractivity contribution >= 4 is 36.2 Å². The van der Waals surface area contributed by atoms with Gasteiger partial charge in [-0.3, -0.25) is 0 Å². The van der Waals surface area contributed by atoms with Crippen molar-refractivity contribution in [2.75, 3.05) is 0 Å². The van der Waals surface area contributed by atoms with Gasteiger partial charge in [0.2, 0.25) is 9.05 Å². The number of carboxylic acid groups (broad SMARTS) is 1. The van der Waals surface area contributed by atoms with Gasteiger partial charge in [0, 0.05) is 10.7 Å². The van der Waals surface area contributed by atoms with Crippen molar-refractivity contribution in [3.05, 3.63) is 29.3 Å². The summed E-state index contributed by atoms with van der Waals surface area (Å²) < 4.78 is 58.5. The molecule has 11 heteroatoms. The highest BCUT2D eigenvalue weighted by Gasteiger charge is 2.16. The number of hydrogen-bond donors (Lipinski definition) is 1. The number of carbonyl (C=O) groups is 1. The van der Waals surface area contributed by atoms with Crippen LogP contribution in [0.3, 0.4) is 0 Å². The molecule has 0 aromatic heterocycles. The lowest BCUT2D eigenvalue weighted by Crippen LogP contribution is -2.05. The minimum atomic E-state index is -5.36. The third-order valence-corrected chi connectivity index (χ3v) is 3.15. The van der Waals surface area contributed by atoms with Crippen molar-refractivity contribution in [1.29, 1.82) is 0 Å². The zero-order valence-corrected chi connectivity index (χ0v) is 11.3. The van der Waals surface area contributed by atoms with Gasteiger partial charge in [-0.25, -0.2) is 13.2 Å². The lowest BCUT2D eigenvalue weighted by Gasteiger charge is -2.05. The van der Waals surface area contributed by atoms with Crippen LogP contribution in [0.4, 0.5) is 3.89 Å². The maximum absolute atomic E-state index is 12.3. The van der Waals surface area contributed by atoms with Crippen molar-refractivity contribution in [2.24, 2.45) is 0 Å². The van der Waals surface area contributed by atoms with Gasteiger partial charge < -0.3 is 9.29 Å². The monoisotopic (exact) mass is 332 g/mol. The van der Waals surface area contributed by atoms with E-state index >= 15 is 0 Å². The van der Waals surface area contributed by atoms with Gasteiger partial charge in [0.05, 0.1) is 11.3 Å². The molecule has 1 rings (SSSR count). The van der Waals surface area contributed by atoms with E-state index < -0.39 is 42.6 Å². The van der Waals surface area contributed by atoms with Crippen LogP contribution in [-0.4, -0.2) is 27.9 Å². The second-order valence-electron chi connectivity index (χ2n) is 3.33. The molecule has 0 heterocycles. The van der Waals surface area contributed by atoms with Gasteiger partial charge in [0.15, 0.2) is 0 Å². The first kappa shape index (κ1) is 15.7. The quantitative estimate of drug-likeness (QED) is 0.801. The lowest BCUT2D eigenvalue weighted by atomic mass is 10.1. The molecule has 7 nitrogen and oxygen atoms in total. The Hall–Kier alpha value is -1.39. The Morgan fingerprint density at radius 1 is 1.26 bits per heavy atom. The zero-order valence-electron chi connectivity index (χ0n) is 8.91. The number of benzene rings is 1. The summed E-state index contributed by atoms with van der Waals surface area (Å²) in [5.74, 6) is -2.91. The van der Waals surface area contributed by atoms with E-state index in [9.17, 15) is 25.5 Å². The number of hydrogen-bond acceptors (Lipinski definition) is 6. The van der Waals surface area contributed by atoms with Gasteiger partial charge in [-0.2, -0.15) is 8.42 Å². The van der Waals surface area contributed by atoms with E-state index in [1.54, 1.807) is 0 Å². The molecule has 0 fully saturated rings. The predicted octanol–water partition coefficient (Wildman–Crippen LogP) is 1.05. The first-order chi connectivity index (χ1) is 8.46. The highest BCUT2D eigenvalue weighted by molar-refractivity contribution is 8.13. The van der Waals surface area contributed by atoms with Crippen molar-refractivity contribution in [3.8, 4) is 5.75 Å². The van der Waals surface area contributed by atoms with E-state index in [1.807, 2.05) is 0 Å². The highest BCUT2D eigenvalue weighted by Crippen LogP contribution is 2.22. The Labute approximate surface area is 112 Å². The molecule has 0 saturated carbocycles. The second kappa shape index (κ2) is 5.31. The molecule has 0 spiro atoms. The van der Waals surface area contributed by atoms with Crippen LogP contribution in [0.25, 0.3) is 0 Å². The summed E-state index contributed by atoms with van der Waals surface area (Å²) in [5, 5.41) is 8.75. The molecule has 0 atom stereocenters. The lowest BCUT2D eigenvalue weighted by molar-refractivity contribution is 0.0696. The van der Waals surface area contributed by atoms with Crippen molar-refractivity contribution in [2.45, 2.75) is 5.75 Å². The van der Waals surface area contributed by atoms with Crippen LogP contribution in [0.1, 0.15) is 15.9 Å². The van der Waals surface area contributed by atoms with Gasteiger partial charge in [-0.15, -0.1) is 0 Å². The van der Waals surface area contributed by atoms with E-state index in [2.05, 4.69) is 4.18 Å². The molecule has 19 heavy (non-hydrogen) atoms. The average molecular weight is 333 g/mol. The summed E-state index contributed by atoms with van der Waals surface area (Å²) in [7, 11) is -4.38. The Morgan fingerprint density at radius 3 is 2.26 bits per heavy atom. The highest BCUT2D eigenvalue weighted by atomic mass is 35.7. The first-order valence-electron chi connectivity index (χ1n) is 4.40. The van der Waals surface area contributed by atoms with Crippen LogP contribution in [0.15, 0.2) is 18.2 Å². The summed E-state index contributed by atoms with van der Waals surface area (Å²) in [6.45, 7) is 0. The van der Waals surface area contributed by atoms with Crippen LogP contribution >= 0.6 is 10.7 Å². The Bertz CT molecular complexity index is 658. The van der Waals surface area contributed by atoms with E-state index in [4.69, 9.17) is 15.8 Å². The molecular formula is C8H6ClFO7S2. The van der Waals surface area contributed by atoms with Crippen molar-refractivity contribution in [1.82, 2.24) is 0 Å². The molecule has 1 aromatic carbocycles. The summed E-state index contributed by atoms with van der Waals surface area (Å²) in [6.07, 6.45) is 0. The molecule has 1 N–H and O–H groups in total. The molecule has 0 radical (unpaired) electrons. The van der Waals surface area contributed by atoms with Crippen LogP contribution in [0.2, 0.25) is 0 Å². The molecule has 0 aliphatic heterocycles. The molecule has 106 valence electrons. The normalized spacial score (nSPS) is 12.1. The van der Waals surface area contributed by atoms with Crippen molar-refractivity contribution < 1.29 is 34.8 Å². The van der Waals surface area contributed by atoms with Crippen LogP contribution < -0.4 is 4.18 Å². The summed E-state index contributed by atoms with van der Waals surface area (Å²) in [5.41, 5.74) is -0.634. The summed E-state index contributed by atoms with van der Waals surface area (Å²) >= 11 is 0. The predicted molar refractivity (Wildman–Crippen MR) is 62.5 cm³/mol. The molecule has 1 aromatic rings. The molecular weight excluding hydrogens is 327 g/mol. The number of halogens is 2.